The lowest BCUT2D eigenvalue weighted by molar-refractivity contribution is -0.904. The van der Waals surface area contributed by atoms with Crippen molar-refractivity contribution in [2.75, 3.05) is 20.2 Å². The molecule has 1 unspecified atom stereocenters. The molecule has 4 aliphatic rings. The molecule has 0 amide bonds. The third-order valence-electron chi connectivity index (χ3n) is 8.22. The number of esters is 1. The molecule has 2 saturated heterocycles. The summed E-state index contributed by atoms with van der Waals surface area (Å²) >= 11 is 0. The smallest absolute Gasteiger partial charge is 0.343 e. The fourth-order valence-electron chi connectivity index (χ4n) is 7.08. The number of quaternary nitrogens is 1. The van der Waals surface area contributed by atoms with E-state index in [1.54, 1.807) is 10.6 Å². The predicted octanol–water partition coefficient (Wildman–Crippen LogP) is 2.84. The van der Waals surface area contributed by atoms with Crippen LogP contribution >= 0.6 is 0 Å². The summed E-state index contributed by atoms with van der Waals surface area (Å²) < 4.78 is 6.53. The summed E-state index contributed by atoms with van der Waals surface area (Å²) in [6.45, 7) is 3.36. The van der Waals surface area contributed by atoms with Gasteiger partial charge >= 0.3 is 5.97 Å². The molecule has 1 aromatic heterocycles. The van der Waals surface area contributed by atoms with Crippen LogP contribution in [0.2, 0.25) is 0 Å². The summed E-state index contributed by atoms with van der Waals surface area (Å²) in [4.78, 5) is 25.9. The second-order valence-electron chi connectivity index (χ2n) is 9.12. The molecule has 2 fully saturated rings. The molecule has 6 heteroatoms. The van der Waals surface area contributed by atoms with Gasteiger partial charge < -0.3 is 14.6 Å². The SMILES string of the molecule is CC[C@@H]1C[N+]2([O-])CC[C@]34c5ccccc5-n5c3c(cc(C(=O)OC)c5=O)[C@H]1C[C@@H]42. The lowest BCUT2D eigenvalue weighted by Gasteiger charge is -2.57. The third-order valence-corrected chi connectivity index (χ3v) is 8.22. The number of para-hydroxylation sites is 1. The monoisotopic (exact) mass is 392 g/mol. The summed E-state index contributed by atoms with van der Waals surface area (Å²) in [5, 5.41) is 13.9. The van der Waals surface area contributed by atoms with Crippen molar-refractivity contribution in [3.05, 3.63) is 68.3 Å². The molecule has 1 aliphatic carbocycles. The average molecular weight is 392 g/mol. The standard InChI is InChI=1S/C23H24N2O4/c1-3-13-12-25(28)9-8-23-17-6-4-5-7-18(17)24-20(23)15(14(13)11-19(23)25)10-16(21(24)26)22(27)29-2/h4-7,10,13-14,19H,3,8-9,11-12H2,1-2H3/t13-,14+,19+,23-,25?/m1/s1. The molecule has 2 bridgehead atoms. The molecule has 150 valence electrons. The number of hydrogen-bond donors (Lipinski definition) is 0. The molecular formula is C23H24N2O4. The van der Waals surface area contributed by atoms with E-state index >= 15 is 0 Å². The van der Waals surface area contributed by atoms with Crippen LogP contribution in [0.25, 0.3) is 5.69 Å². The fraction of sp³-hybridized carbons (Fsp3) is 0.478. The van der Waals surface area contributed by atoms with Gasteiger partial charge in [-0.15, -0.1) is 0 Å². The van der Waals surface area contributed by atoms with Crippen LogP contribution in [0.3, 0.4) is 0 Å². The Bertz CT molecular complexity index is 1140. The van der Waals surface area contributed by atoms with E-state index in [-0.39, 0.29) is 33.6 Å². The second-order valence-corrected chi connectivity index (χ2v) is 9.12. The van der Waals surface area contributed by atoms with Gasteiger partial charge in [-0.1, -0.05) is 25.1 Å². The maximum atomic E-state index is 13.9. The quantitative estimate of drug-likeness (QED) is 0.448. The first kappa shape index (κ1) is 17.4. The summed E-state index contributed by atoms with van der Waals surface area (Å²) in [5.41, 5.74) is 3.31. The van der Waals surface area contributed by atoms with Crippen molar-refractivity contribution in [2.24, 2.45) is 5.92 Å². The Hall–Kier alpha value is -2.44. The number of hydrogen-bond acceptors (Lipinski definition) is 4. The van der Waals surface area contributed by atoms with Gasteiger partial charge in [-0.3, -0.25) is 9.36 Å². The molecule has 6 rings (SSSR count). The number of hydroxylamine groups is 3. The Morgan fingerprint density at radius 3 is 2.93 bits per heavy atom. The topological polar surface area (TPSA) is 71.4 Å². The van der Waals surface area contributed by atoms with E-state index in [9.17, 15) is 14.8 Å². The zero-order chi connectivity index (χ0) is 20.1. The first-order chi connectivity index (χ1) is 14.0. The number of fused-ring (bicyclic) bond motifs is 4. The van der Waals surface area contributed by atoms with Gasteiger partial charge in [0.2, 0.25) is 0 Å². The van der Waals surface area contributed by atoms with Crippen LogP contribution in [0.5, 0.6) is 0 Å². The van der Waals surface area contributed by atoms with E-state index in [0.717, 1.165) is 41.8 Å². The molecule has 0 radical (unpaired) electrons. The van der Waals surface area contributed by atoms with Crippen LogP contribution in [0, 0.1) is 11.1 Å². The molecular weight excluding hydrogens is 368 g/mol. The van der Waals surface area contributed by atoms with Crippen LogP contribution in [0.15, 0.2) is 35.1 Å². The van der Waals surface area contributed by atoms with Gasteiger partial charge in [-0.25, -0.2) is 4.79 Å². The van der Waals surface area contributed by atoms with Crippen molar-refractivity contribution in [2.45, 2.75) is 43.6 Å². The molecule has 0 saturated carbocycles. The number of pyridine rings is 1. The van der Waals surface area contributed by atoms with E-state index in [2.05, 4.69) is 13.0 Å². The summed E-state index contributed by atoms with van der Waals surface area (Å²) in [7, 11) is 1.31. The first-order valence-corrected chi connectivity index (χ1v) is 10.5. The van der Waals surface area contributed by atoms with Gasteiger partial charge in [-0.2, -0.15) is 0 Å². The molecule has 0 N–H and O–H groups in total. The number of nitrogens with zero attached hydrogens (tertiary/aromatic N) is 2. The molecule has 2 aromatic rings. The van der Waals surface area contributed by atoms with Crippen molar-refractivity contribution in [3.63, 3.8) is 0 Å². The van der Waals surface area contributed by atoms with Crippen molar-refractivity contribution in [1.82, 2.24) is 4.57 Å². The van der Waals surface area contributed by atoms with Gasteiger partial charge in [0.15, 0.2) is 0 Å². The van der Waals surface area contributed by atoms with Crippen molar-refractivity contribution >= 4 is 5.97 Å². The van der Waals surface area contributed by atoms with Gasteiger partial charge in [0.1, 0.15) is 11.6 Å². The number of carbonyl (C=O) groups is 1. The fourth-order valence-corrected chi connectivity index (χ4v) is 7.08. The third kappa shape index (κ3) is 1.81. The van der Waals surface area contributed by atoms with Crippen molar-refractivity contribution in [1.29, 1.82) is 0 Å². The number of carbonyl (C=O) groups excluding carboxylic acids is 1. The zero-order valence-electron chi connectivity index (χ0n) is 16.7. The normalized spacial score (nSPS) is 35.2. The molecule has 3 aliphatic heterocycles. The van der Waals surface area contributed by atoms with Crippen LogP contribution in [0.4, 0.5) is 0 Å². The number of methoxy groups -OCH3 is 1. The summed E-state index contributed by atoms with van der Waals surface area (Å²) in [6, 6.07) is 9.68. The maximum Gasteiger partial charge on any atom is 0.343 e. The minimum atomic E-state index is -0.591. The predicted molar refractivity (Wildman–Crippen MR) is 107 cm³/mol. The highest BCUT2D eigenvalue weighted by Gasteiger charge is 2.67. The van der Waals surface area contributed by atoms with Crippen LogP contribution < -0.4 is 5.56 Å². The Balaban J connectivity index is 1.77. The lowest BCUT2D eigenvalue weighted by Crippen LogP contribution is -2.61. The van der Waals surface area contributed by atoms with Crippen LogP contribution in [-0.4, -0.2) is 41.4 Å². The minimum Gasteiger partial charge on any atom is -0.633 e. The minimum absolute atomic E-state index is 0.0546. The molecule has 6 nitrogen and oxygen atoms in total. The first-order valence-electron chi connectivity index (χ1n) is 10.5. The number of aromatic nitrogens is 1. The Morgan fingerprint density at radius 2 is 2.17 bits per heavy atom. The van der Waals surface area contributed by atoms with Crippen molar-refractivity contribution < 1.29 is 14.2 Å². The Labute approximate surface area is 168 Å². The van der Waals surface area contributed by atoms with Gasteiger partial charge in [0, 0.05) is 24.5 Å². The highest BCUT2D eigenvalue weighted by molar-refractivity contribution is 5.89. The second kappa shape index (κ2) is 5.37. The zero-order valence-corrected chi connectivity index (χ0v) is 16.7. The number of rotatable bonds is 2. The maximum absolute atomic E-state index is 13.9. The molecule has 29 heavy (non-hydrogen) atoms. The average Bonchev–Trinajstić information content (AvgIpc) is 3.23. The summed E-state index contributed by atoms with van der Waals surface area (Å²) in [5.74, 6) is -0.126. The highest BCUT2D eigenvalue weighted by Crippen LogP contribution is 2.63. The number of piperidine rings is 1. The summed E-state index contributed by atoms with van der Waals surface area (Å²) in [6.07, 6.45) is 2.50. The van der Waals surface area contributed by atoms with Crippen LogP contribution in [-0.2, 0) is 10.2 Å². The lowest BCUT2D eigenvalue weighted by atomic mass is 9.59. The number of benzene rings is 1. The largest absolute Gasteiger partial charge is 0.633 e. The Morgan fingerprint density at radius 1 is 1.38 bits per heavy atom. The van der Waals surface area contributed by atoms with Gasteiger partial charge in [-0.05, 0) is 35.6 Å². The van der Waals surface area contributed by atoms with Gasteiger partial charge in [0.05, 0.1) is 31.3 Å². The molecule has 4 heterocycles. The van der Waals surface area contributed by atoms with E-state index in [1.165, 1.54) is 7.11 Å². The molecule has 1 spiro atoms. The van der Waals surface area contributed by atoms with E-state index in [0.29, 0.717) is 13.1 Å². The van der Waals surface area contributed by atoms with Crippen LogP contribution in [0.1, 0.15) is 59.3 Å². The molecule has 1 aromatic carbocycles. The van der Waals surface area contributed by atoms with Gasteiger partial charge in [0.25, 0.3) is 5.56 Å². The molecule has 5 atom stereocenters. The number of ether oxygens (including phenoxy) is 1. The highest BCUT2D eigenvalue weighted by atomic mass is 16.6. The van der Waals surface area contributed by atoms with E-state index < -0.39 is 11.4 Å². The van der Waals surface area contributed by atoms with E-state index in [1.807, 2.05) is 18.2 Å². The Kier molecular flexibility index (Phi) is 3.23. The van der Waals surface area contributed by atoms with E-state index in [4.69, 9.17) is 4.74 Å². The van der Waals surface area contributed by atoms with Crippen molar-refractivity contribution in [3.8, 4) is 5.69 Å².